The van der Waals surface area contributed by atoms with Gasteiger partial charge in [0.2, 0.25) is 11.8 Å². The van der Waals surface area contributed by atoms with Crippen LogP contribution in [0.4, 0.5) is 0 Å². The topological polar surface area (TPSA) is 49.4 Å². The van der Waals surface area contributed by atoms with Crippen molar-refractivity contribution < 1.29 is 9.59 Å². The van der Waals surface area contributed by atoms with Gasteiger partial charge in [-0.3, -0.25) is 9.59 Å². The molecule has 150 valence electrons. The van der Waals surface area contributed by atoms with Crippen molar-refractivity contribution in [1.29, 1.82) is 0 Å². The number of hydrogen-bond donors (Lipinski definition) is 1. The second-order valence-electron chi connectivity index (χ2n) is 7.25. The van der Waals surface area contributed by atoms with E-state index in [0.717, 1.165) is 11.1 Å². The van der Waals surface area contributed by atoms with E-state index in [9.17, 15) is 9.59 Å². The summed E-state index contributed by atoms with van der Waals surface area (Å²) < 4.78 is 0. The molecule has 0 aliphatic rings. The quantitative estimate of drug-likeness (QED) is 0.670. The molecule has 0 saturated carbocycles. The van der Waals surface area contributed by atoms with Gasteiger partial charge in [-0.15, -0.1) is 0 Å². The van der Waals surface area contributed by atoms with Crippen molar-refractivity contribution in [2.24, 2.45) is 5.92 Å². The SMILES string of the molecule is CC(C)CNC(=O)[C@H](C)N(Cc1ccccc1)C(=O)Cc1ccc(Cl)c(Cl)c1. The first-order valence-corrected chi connectivity index (χ1v) is 10.1. The Kier molecular flexibility index (Phi) is 8.34. The molecule has 0 heterocycles. The normalized spacial score (nSPS) is 11.9. The molecular weight excluding hydrogens is 395 g/mol. The van der Waals surface area contributed by atoms with Gasteiger partial charge in [0.15, 0.2) is 0 Å². The number of carbonyl (C=O) groups is 2. The van der Waals surface area contributed by atoms with Crippen LogP contribution in [-0.4, -0.2) is 29.3 Å². The molecule has 0 aliphatic carbocycles. The van der Waals surface area contributed by atoms with Crippen LogP contribution >= 0.6 is 23.2 Å². The molecule has 6 heteroatoms. The van der Waals surface area contributed by atoms with Crippen LogP contribution in [0.2, 0.25) is 10.0 Å². The maximum absolute atomic E-state index is 13.1. The molecule has 1 N–H and O–H groups in total. The smallest absolute Gasteiger partial charge is 0.242 e. The standard InChI is InChI=1S/C22H26Cl2N2O2/c1-15(2)13-25-22(28)16(3)26(14-17-7-5-4-6-8-17)21(27)12-18-9-10-19(23)20(24)11-18/h4-11,15-16H,12-14H2,1-3H3,(H,25,28)/t16-/m0/s1. The number of carbonyl (C=O) groups excluding carboxylic acids is 2. The summed E-state index contributed by atoms with van der Waals surface area (Å²) in [5.41, 5.74) is 1.72. The van der Waals surface area contributed by atoms with Crippen molar-refractivity contribution >= 4 is 35.0 Å². The molecule has 1 atom stereocenters. The van der Waals surface area contributed by atoms with Crippen molar-refractivity contribution in [3.05, 3.63) is 69.7 Å². The maximum Gasteiger partial charge on any atom is 0.242 e. The number of rotatable bonds is 8. The largest absolute Gasteiger partial charge is 0.354 e. The van der Waals surface area contributed by atoms with Gasteiger partial charge in [-0.25, -0.2) is 0 Å². The fraction of sp³-hybridized carbons (Fsp3) is 0.364. The fourth-order valence-corrected chi connectivity index (χ4v) is 3.06. The first-order valence-electron chi connectivity index (χ1n) is 9.33. The van der Waals surface area contributed by atoms with Crippen molar-refractivity contribution in [2.75, 3.05) is 6.54 Å². The molecule has 2 rings (SSSR count). The van der Waals surface area contributed by atoms with Gasteiger partial charge in [0.05, 0.1) is 16.5 Å². The second-order valence-corrected chi connectivity index (χ2v) is 8.06. The Hall–Kier alpha value is -2.04. The van der Waals surface area contributed by atoms with E-state index >= 15 is 0 Å². The molecule has 0 bridgehead atoms. The Balaban J connectivity index is 2.19. The molecule has 2 aromatic rings. The highest BCUT2D eigenvalue weighted by atomic mass is 35.5. The van der Waals surface area contributed by atoms with Gasteiger partial charge < -0.3 is 10.2 Å². The van der Waals surface area contributed by atoms with Crippen LogP contribution in [0.1, 0.15) is 31.9 Å². The molecule has 0 fully saturated rings. The van der Waals surface area contributed by atoms with E-state index in [2.05, 4.69) is 5.32 Å². The van der Waals surface area contributed by atoms with E-state index in [4.69, 9.17) is 23.2 Å². The molecule has 28 heavy (non-hydrogen) atoms. The van der Waals surface area contributed by atoms with Gasteiger partial charge in [0.1, 0.15) is 6.04 Å². The highest BCUT2D eigenvalue weighted by molar-refractivity contribution is 6.42. The minimum Gasteiger partial charge on any atom is -0.354 e. The average molecular weight is 421 g/mol. The van der Waals surface area contributed by atoms with Gasteiger partial charge in [0, 0.05) is 13.1 Å². The minimum atomic E-state index is -0.589. The number of hydrogen-bond acceptors (Lipinski definition) is 2. The Morgan fingerprint density at radius 1 is 0.964 bits per heavy atom. The van der Waals surface area contributed by atoms with E-state index in [0.29, 0.717) is 29.1 Å². The van der Waals surface area contributed by atoms with Crippen LogP contribution in [-0.2, 0) is 22.6 Å². The summed E-state index contributed by atoms with van der Waals surface area (Å²) >= 11 is 12.0. The average Bonchev–Trinajstić information content (AvgIpc) is 2.67. The van der Waals surface area contributed by atoms with E-state index in [1.54, 1.807) is 30.0 Å². The molecule has 4 nitrogen and oxygen atoms in total. The number of halogens is 2. The third-order valence-electron chi connectivity index (χ3n) is 4.39. The van der Waals surface area contributed by atoms with E-state index in [-0.39, 0.29) is 18.2 Å². The van der Waals surface area contributed by atoms with Crippen LogP contribution < -0.4 is 5.32 Å². The fourth-order valence-electron chi connectivity index (χ4n) is 2.74. The molecule has 0 aliphatic heterocycles. The zero-order chi connectivity index (χ0) is 20.7. The van der Waals surface area contributed by atoms with E-state index < -0.39 is 6.04 Å². The summed E-state index contributed by atoms with van der Waals surface area (Å²) in [4.78, 5) is 27.3. The lowest BCUT2D eigenvalue weighted by atomic mass is 10.1. The Morgan fingerprint density at radius 2 is 1.64 bits per heavy atom. The minimum absolute atomic E-state index is 0.144. The predicted molar refractivity (Wildman–Crippen MR) is 114 cm³/mol. The highest BCUT2D eigenvalue weighted by Gasteiger charge is 2.26. The van der Waals surface area contributed by atoms with Crippen LogP contribution in [0.5, 0.6) is 0 Å². The Morgan fingerprint density at radius 3 is 2.25 bits per heavy atom. The summed E-state index contributed by atoms with van der Waals surface area (Å²) in [7, 11) is 0. The van der Waals surface area contributed by atoms with Crippen molar-refractivity contribution in [1.82, 2.24) is 10.2 Å². The lowest BCUT2D eigenvalue weighted by Gasteiger charge is -2.29. The highest BCUT2D eigenvalue weighted by Crippen LogP contribution is 2.23. The predicted octanol–water partition coefficient (Wildman–Crippen LogP) is 4.73. The number of amides is 2. The van der Waals surface area contributed by atoms with Crippen LogP contribution in [0.15, 0.2) is 48.5 Å². The molecule has 0 radical (unpaired) electrons. The number of benzene rings is 2. The summed E-state index contributed by atoms with van der Waals surface area (Å²) in [6.07, 6.45) is 0.144. The van der Waals surface area contributed by atoms with Gasteiger partial charge >= 0.3 is 0 Å². The summed E-state index contributed by atoms with van der Waals surface area (Å²) in [5, 5.41) is 3.76. The Labute approximate surface area is 176 Å². The van der Waals surface area contributed by atoms with Crippen molar-refractivity contribution in [2.45, 2.75) is 39.8 Å². The first kappa shape index (κ1) is 22.3. The molecular formula is C22H26Cl2N2O2. The van der Waals surface area contributed by atoms with E-state index in [1.807, 2.05) is 44.2 Å². The van der Waals surface area contributed by atoms with Gasteiger partial charge in [-0.1, -0.05) is 73.4 Å². The first-order chi connectivity index (χ1) is 13.3. The molecule has 0 spiro atoms. The van der Waals surface area contributed by atoms with Gasteiger partial charge in [-0.05, 0) is 36.1 Å². The third kappa shape index (κ3) is 6.54. The van der Waals surface area contributed by atoms with E-state index in [1.165, 1.54) is 0 Å². The second kappa shape index (κ2) is 10.5. The Bertz CT molecular complexity index is 809. The summed E-state index contributed by atoms with van der Waals surface area (Å²) in [6, 6.07) is 14.2. The summed E-state index contributed by atoms with van der Waals surface area (Å²) in [6.45, 7) is 6.75. The zero-order valence-corrected chi connectivity index (χ0v) is 17.9. The number of nitrogens with zero attached hydrogens (tertiary/aromatic N) is 1. The third-order valence-corrected chi connectivity index (χ3v) is 5.13. The van der Waals surface area contributed by atoms with Crippen LogP contribution in [0.25, 0.3) is 0 Å². The molecule has 0 saturated heterocycles. The molecule has 2 amide bonds. The molecule has 0 unspecified atom stereocenters. The van der Waals surface area contributed by atoms with Crippen molar-refractivity contribution in [3.63, 3.8) is 0 Å². The van der Waals surface area contributed by atoms with Crippen LogP contribution in [0, 0.1) is 5.92 Å². The van der Waals surface area contributed by atoms with Gasteiger partial charge in [0.25, 0.3) is 0 Å². The lowest BCUT2D eigenvalue weighted by molar-refractivity contribution is -0.140. The molecule has 0 aromatic heterocycles. The zero-order valence-electron chi connectivity index (χ0n) is 16.4. The lowest BCUT2D eigenvalue weighted by Crippen LogP contribution is -2.48. The maximum atomic E-state index is 13.1. The monoisotopic (exact) mass is 420 g/mol. The van der Waals surface area contributed by atoms with Gasteiger partial charge in [-0.2, -0.15) is 0 Å². The number of nitrogens with one attached hydrogen (secondary N) is 1. The summed E-state index contributed by atoms with van der Waals surface area (Å²) in [5.74, 6) is 0.0344. The van der Waals surface area contributed by atoms with Crippen LogP contribution in [0.3, 0.4) is 0 Å². The molecule has 2 aromatic carbocycles. The van der Waals surface area contributed by atoms with Crippen molar-refractivity contribution in [3.8, 4) is 0 Å².